The number of rotatable bonds is 1. The zero-order valence-electron chi connectivity index (χ0n) is 25.9. The molecule has 0 heterocycles. The first-order valence-electron chi connectivity index (χ1n) is 8.15. The maximum Gasteiger partial charge on any atom is 1.00 e. The molecule has 250 valence electrons. The topological polar surface area (TPSA) is 104 Å². The molecule has 0 rings (SSSR count). The van der Waals surface area contributed by atoms with Crippen LogP contribution in [-0.2, 0) is 4.79 Å². The molecule has 0 radical (unpaired) electrons. The fourth-order valence-electron chi connectivity index (χ4n) is 0.312. The molecule has 0 aromatic carbocycles. The minimum Gasteiger partial charge on any atom is -1.00 e. The van der Waals surface area contributed by atoms with Crippen molar-refractivity contribution in [3.63, 3.8) is 0 Å². The third-order valence-corrected chi connectivity index (χ3v) is 1.01. The standard InChI is InChI=1S/C12H6.C4H10O.C4H9O.C2H3ClO2.CH4O.6CH4.3ClH.4K.2Na.8H2/c1-3-5-7-9-11-12-10-8-6-4-2;2*1-4(2,3)5;3-1-2(4)5;1-2;;;;;;;;;;;;;;;;;;;;;;;/h1-2H3;5H,1-3H3;1-3H3;1H2,(H,4,5);2H,1H3;6*1H4;3*1H;;;;;;;8*1H/q;;-1;;;;;;;;;;;;6*+1;;;;;;;;/p-3. The second-order valence-corrected chi connectivity index (χ2v) is 6.56. The molecule has 0 bridgehead atoms. The van der Waals surface area contributed by atoms with E-state index in [9.17, 15) is 5.11 Å². The van der Waals surface area contributed by atoms with Crippen molar-refractivity contribution in [2.75, 3.05) is 13.0 Å². The molecule has 0 aliphatic heterocycles. The summed E-state index contributed by atoms with van der Waals surface area (Å²) < 4.78 is 0. The van der Waals surface area contributed by atoms with Gasteiger partial charge in [-0.05, 0) is 82.0 Å². The molecule has 0 aliphatic carbocycles. The van der Waals surface area contributed by atoms with E-state index in [1.54, 1.807) is 55.4 Å². The predicted octanol–water partition coefficient (Wildman–Crippen LogP) is -17.2. The van der Waals surface area contributed by atoms with Gasteiger partial charge in [0.25, 0.3) is 0 Å². The van der Waals surface area contributed by atoms with E-state index in [-0.39, 0.29) is 358 Å². The van der Waals surface area contributed by atoms with Gasteiger partial charge in [0.05, 0.1) is 17.5 Å². The molecular weight excluding hydrogens is 772 g/mol. The molecule has 0 aromatic heterocycles. The van der Waals surface area contributed by atoms with Crippen molar-refractivity contribution in [2.24, 2.45) is 0 Å². The zero-order valence-corrected chi connectivity index (χ0v) is 45.4. The number of carbonyl (C=O) groups is 1. The molecule has 5 nitrogen and oxygen atoms in total. The van der Waals surface area contributed by atoms with Gasteiger partial charge < -0.3 is 50.0 Å². The number of aliphatic hydroxyl groups is 2. The Hall–Kier alpha value is 6.86. The summed E-state index contributed by atoms with van der Waals surface area (Å²) in [6, 6.07) is 0. The first-order chi connectivity index (χ1) is 13.2. The van der Waals surface area contributed by atoms with E-state index in [4.69, 9.17) is 20.1 Å². The van der Waals surface area contributed by atoms with Crippen molar-refractivity contribution in [1.82, 2.24) is 0 Å². The van der Waals surface area contributed by atoms with E-state index < -0.39 is 23.1 Å². The van der Waals surface area contributed by atoms with Crippen molar-refractivity contribution in [1.29, 1.82) is 0 Å². The van der Waals surface area contributed by atoms with Crippen LogP contribution in [-0.4, -0.2) is 40.4 Å². The maximum atomic E-state index is 10.1. The molecule has 0 spiro atoms. The van der Waals surface area contributed by atoms with Gasteiger partial charge in [-0.15, -0.1) is 29.6 Å². The summed E-state index contributed by atoms with van der Waals surface area (Å²) in [4.78, 5) is 9.12. The summed E-state index contributed by atoms with van der Waals surface area (Å²) in [6.07, 6.45) is 0. The van der Waals surface area contributed by atoms with Crippen molar-refractivity contribution in [2.45, 2.75) is 111 Å². The van der Waals surface area contributed by atoms with E-state index in [0.717, 1.165) is 7.11 Å². The Kier molecular flexibility index (Phi) is 333. The predicted molar refractivity (Wildman–Crippen MR) is 180 cm³/mol. The average Bonchev–Trinajstić information content (AvgIpc) is 2.57. The fraction of sp³-hybridized carbons (Fsp3) is 0.621. The van der Waals surface area contributed by atoms with Crippen molar-refractivity contribution >= 4 is 30.0 Å². The number of aliphatic hydroxyl groups excluding tert-OH is 1. The van der Waals surface area contributed by atoms with Crippen LogP contribution in [0.3, 0.4) is 0 Å². The van der Waals surface area contributed by atoms with E-state index in [2.05, 4.69) is 70.8 Å². The minimum atomic E-state index is -1.23. The van der Waals surface area contributed by atoms with Crippen LogP contribution in [0.25, 0.3) is 0 Å². The van der Waals surface area contributed by atoms with Gasteiger partial charge in [0, 0.05) is 18.5 Å². The van der Waals surface area contributed by atoms with E-state index in [0.29, 0.717) is 0 Å². The van der Waals surface area contributed by atoms with Crippen LogP contribution in [0.15, 0.2) is 0 Å². The third kappa shape index (κ3) is 351. The number of carboxylic acid groups (broad SMARTS) is 1. The monoisotopic (exact) mass is 842 g/mol. The zero-order chi connectivity index (χ0) is 24.4. The average molecular weight is 845 g/mol. The molecular formula is C29H72Cl4K4Na2O5+2. The Morgan fingerprint density at radius 1 is 0.659 bits per heavy atom. The number of carbonyl (C=O) groups excluding carboxylic acids is 1. The Morgan fingerprint density at radius 2 is 0.750 bits per heavy atom. The number of aliphatic carboxylic acids is 1. The van der Waals surface area contributed by atoms with Gasteiger partial charge in [0.1, 0.15) is 0 Å². The Labute approximate surface area is 527 Å². The van der Waals surface area contributed by atoms with E-state index in [1.807, 2.05) is 0 Å². The quantitative estimate of drug-likeness (QED) is 0.155. The van der Waals surface area contributed by atoms with Gasteiger partial charge in [0.2, 0.25) is 0 Å². The number of carboxylic acids is 1. The normalized spacial score (nSPS) is 4.75. The first kappa shape index (κ1) is 133. The van der Waals surface area contributed by atoms with Crippen LogP contribution < -0.4 is 300 Å². The van der Waals surface area contributed by atoms with Crippen molar-refractivity contribution < 1.29 is 326 Å². The van der Waals surface area contributed by atoms with Crippen LogP contribution in [0.4, 0.5) is 0 Å². The molecule has 15 heteroatoms. The molecule has 0 atom stereocenters. The summed E-state index contributed by atoms with van der Waals surface area (Å²) in [5.41, 5.74) is -1.25. The van der Waals surface area contributed by atoms with Gasteiger partial charge in [-0.3, -0.25) is 0 Å². The van der Waals surface area contributed by atoms with Crippen LogP contribution >= 0.6 is 24.0 Å². The molecule has 0 amide bonds. The largest absolute Gasteiger partial charge is 1.00 e. The van der Waals surface area contributed by atoms with Crippen molar-refractivity contribution in [3.05, 3.63) is 0 Å². The SMILES string of the molecule is C.C.C.C.C.C.CC#CC#CC#CC#CC#CC.CC(C)(C)O.CC(C)(C)[O-].CO.Cl.O=C([O-])CCl.[Cl-].[Cl-].[HH].[HH].[HH].[HH].[HH].[HH].[HH].[HH].[K+].[K+].[K+].[K+].[Na+].[Na+]. The second kappa shape index (κ2) is 110. The van der Waals surface area contributed by atoms with Crippen LogP contribution in [0.2, 0.25) is 0 Å². The summed E-state index contributed by atoms with van der Waals surface area (Å²) in [5, 5.41) is 34.8. The smallest absolute Gasteiger partial charge is 1.00 e. The molecule has 44 heavy (non-hydrogen) atoms. The van der Waals surface area contributed by atoms with Crippen molar-refractivity contribution in [3.8, 4) is 59.2 Å². The van der Waals surface area contributed by atoms with Gasteiger partial charge in [-0.2, -0.15) is 0 Å². The molecule has 0 unspecified atom stereocenters. The summed E-state index contributed by atoms with van der Waals surface area (Å²) in [7, 11) is 1.00. The van der Waals surface area contributed by atoms with E-state index >= 15 is 0 Å². The summed E-state index contributed by atoms with van der Waals surface area (Å²) >= 11 is 4.67. The Balaban J connectivity index is -0.00000000508. The van der Waals surface area contributed by atoms with Gasteiger partial charge in [-0.25, -0.2) is 0 Å². The van der Waals surface area contributed by atoms with Crippen LogP contribution in [0, 0.1) is 59.2 Å². The van der Waals surface area contributed by atoms with Gasteiger partial charge in [0.15, 0.2) is 0 Å². The molecule has 0 aliphatic rings. The van der Waals surface area contributed by atoms with Gasteiger partial charge in [-0.1, -0.05) is 77.2 Å². The molecule has 0 saturated heterocycles. The second-order valence-electron chi connectivity index (χ2n) is 6.29. The number of hydrogen-bond donors (Lipinski definition) is 2. The Morgan fingerprint density at radius 3 is 0.818 bits per heavy atom. The number of alkyl halides is 1. The third-order valence-electron chi connectivity index (χ3n) is 0.797. The van der Waals surface area contributed by atoms with E-state index in [1.165, 1.54) is 0 Å². The molecule has 0 saturated carbocycles. The molecule has 0 aromatic rings. The molecule has 2 N–H and O–H groups in total. The number of halogens is 4. The van der Waals surface area contributed by atoms with Gasteiger partial charge >= 0.3 is 265 Å². The fourth-order valence-corrected chi connectivity index (χ4v) is 0.312. The Bertz CT molecular complexity index is 710. The first-order valence-corrected chi connectivity index (χ1v) is 8.69. The molecule has 0 fully saturated rings. The summed E-state index contributed by atoms with van der Waals surface area (Å²) in [5.74, 6) is 23.9. The number of hydrogen-bond acceptors (Lipinski definition) is 5. The minimum absolute atomic E-state index is 0. The van der Waals surface area contributed by atoms with Crippen LogP contribution in [0.1, 0.15) is 111 Å². The van der Waals surface area contributed by atoms with Crippen LogP contribution in [0.5, 0.6) is 0 Å². The summed E-state index contributed by atoms with van der Waals surface area (Å²) in [6.45, 7) is 13.6. The maximum absolute atomic E-state index is 10.1.